The van der Waals surface area contributed by atoms with Crippen LogP contribution in [0.5, 0.6) is 0 Å². The van der Waals surface area contributed by atoms with Crippen LogP contribution in [0.2, 0.25) is 0 Å². The molecule has 12 heavy (non-hydrogen) atoms. The molecule has 2 aliphatic heterocycles. The smallest absolute Gasteiger partial charge is 0.261 e. The molecule has 0 aromatic heterocycles. The maximum absolute atomic E-state index is 11.3. The molecule has 2 rings (SSSR count). The van der Waals surface area contributed by atoms with E-state index in [9.17, 15) is 9.90 Å². The van der Waals surface area contributed by atoms with Crippen LogP contribution in [0.15, 0.2) is 12.3 Å². The van der Waals surface area contributed by atoms with Gasteiger partial charge in [0.15, 0.2) is 5.60 Å². The number of hydrogen-bond acceptors (Lipinski definition) is 3. The predicted octanol–water partition coefficient (Wildman–Crippen LogP) is -0.772. The Hall–Kier alpha value is -0.870. The molecule has 2 N–H and O–H groups in total. The highest BCUT2D eigenvalue weighted by Gasteiger charge is 2.59. The zero-order chi connectivity index (χ0) is 8.77. The van der Waals surface area contributed by atoms with Crippen molar-refractivity contribution < 1.29 is 15.0 Å². The Balaban J connectivity index is 2.15. The van der Waals surface area contributed by atoms with E-state index in [0.29, 0.717) is 6.42 Å². The molecule has 2 aliphatic rings. The molecule has 1 fully saturated rings. The van der Waals surface area contributed by atoms with Gasteiger partial charge in [-0.2, -0.15) is 0 Å². The van der Waals surface area contributed by atoms with E-state index in [-0.39, 0.29) is 25.0 Å². The minimum absolute atomic E-state index is 0.128. The maximum Gasteiger partial charge on any atom is 0.261 e. The van der Waals surface area contributed by atoms with Gasteiger partial charge in [-0.15, -0.1) is 0 Å². The average Bonchev–Trinajstić information content (AvgIpc) is 2.49. The quantitative estimate of drug-likeness (QED) is 0.533. The van der Waals surface area contributed by atoms with Gasteiger partial charge >= 0.3 is 0 Å². The van der Waals surface area contributed by atoms with E-state index in [1.807, 2.05) is 6.08 Å². The predicted molar refractivity (Wildman–Crippen MR) is 41.0 cm³/mol. The van der Waals surface area contributed by atoms with E-state index >= 15 is 0 Å². The van der Waals surface area contributed by atoms with E-state index in [4.69, 9.17) is 5.11 Å². The lowest BCUT2D eigenvalue weighted by molar-refractivity contribution is -0.184. The molecule has 2 atom stereocenters. The first-order chi connectivity index (χ1) is 5.70. The van der Waals surface area contributed by atoms with Crippen LogP contribution in [-0.2, 0) is 4.79 Å². The molecular formula is C8H11NO3. The lowest BCUT2D eigenvalue weighted by atomic mass is 9.80. The molecule has 0 aromatic rings. The summed E-state index contributed by atoms with van der Waals surface area (Å²) in [5.74, 6) is -0.282. The fourth-order valence-corrected chi connectivity index (χ4v) is 1.90. The molecule has 0 saturated carbocycles. The first-order valence-corrected chi connectivity index (χ1v) is 4.03. The molecule has 1 unspecified atom stereocenters. The number of carbonyl (C=O) groups is 1. The van der Waals surface area contributed by atoms with Crippen LogP contribution in [-0.4, -0.2) is 39.3 Å². The average molecular weight is 169 g/mol. The van der Waals surface area contributed by atoms with Gasteiger partial charge in [-0.1, -0.05) is 6.08 Å². The van der Waals surface area contributed by atoms with Crippen molar-refractivity contribution in [3.8, 4) is 0 Å². The first-order valence-electron chi connectivity index (χ1n) is 4.03. The number of nitrogens with zero attached hydrogens (tertiary/aromatic N) is 1. The molecule has 0 bridgehead atoms. The second-order valence-electron chi connectivity index (χ2n) is 3.25. The van der Waals surface area contributed by atoms with Gasteiger partial charge < -0.3 is 15.1 Å². The van der Waals surface area contributed by atoms with E-state index in [0.717, 1.165) is 0 Å². The van der Waals surface area contributed by atoms with Gasteiger partial charge in [0.1, 0.15) is 0 Å². The van der Waals surface area contributed by atoms with Crippen molar-refractivity contribution in [1.29, 1.82) is 0 Å². The highest BCUT2D eigenvalue weighted by molar-refractivity contribution is 5.94. The molecule has 0 aliphatic carbocycles. The van der Waals surface area contributed by atoms with Crippen molar-refractivity contribution >= 4 is 5.91 Å². The van der Waals surface area contributed by atoms with Crippen LogP contribution < -0.4 is 0 Å². The maximum atomic E-state index is 11.3. The first kappa shape index (κ1) is 7.76. The van der Waals surface area contributed by atoms with Crippen molar-refractivity contribution in [2.24, 2.45) is 0 Å². The second-order valence-corrected chi connectivity index (χ2v) is 3.25. The summed E-state index contributed by atoms with van der Waals surface area (Å²) in [6.45, 7) is -0.146. The fraction of sp³-hybridized carbons (Fsp3) is 0.625. The normalized spacial score (nSPS) is 38.3. The molecule has 1 saturated heterocycles. The summed E-state index contributed by atoms with van der Waals surface area (Å²) in [7, 11) is 0. The van der Waals surface area contributed by atoms with Gasteiger partial charge in [-0.3, -0.25) is 4.79 Å². The lowest BCUT2D eigenvalue weighted by Crippen LogP contribution is -2.70. The van der Waals surface area contributed by atoms with Crippen molar-refractivity contribution in [2.75, 3.05) is 6.61 Å². The topological polar surface area (TPSA) is 60.8 Å². The third-order valence-corrected chi connectivity index (χ3v) is 2.61. The lowest BCUT2D eigenvalue weighted by Gasteiger charge is -2.48. The number of rotatable bonds is 2. The Morgan fingerprint density at radius 3 is 3.17 bits per heavy atom. The highest BCUT2D eigenvalue weighted by Crippen LogP contribution is 2.39. The van der Waals surface area contributed by atoms with Crippen molar-refractivity contribution in [2.45, 2.75) is 24.5 Å². The molecule has 4 heteroatoms. The number of amides is 1. The molecule has 0 radical (unpaired) electrons. The van der Waals surface area contributed by atoms with Gasteiger partial charge in [-0.25, -0.2) is 0 Å². The van der Waals surface area contributed by atoms with Crippen LogP contribution in [0.4, 0.5) is 0 Å². The van der Waals surface area contributed by atoms with Gasteiger partial charge in [0.05, 0.1) is 6.04 Å². The summed E-state index contributed by atoms with van der Waals surface area (Å²) in [6, 6.07) is -0.128. The molecule has 1 amide bonds. The summed E-state index contributed by atoms with van der Waals surface area (Å²) in [5, 5.41) is 18.4. The van der Waals surface area contributed by atoms with Crippen LogP contribution in [0.1, 0.15) is 12.8 Å². The third-order valence-electron chi connectivity index (χ3n) is 2.61. The largest absolute Gasteiger partial charge is 0.396 e. The summed E-state index contributed by atoms with van der Waals surface area (Å²) >= 11 is 0. The molecule has 2 heterocycles. The highest BCUT2D eigenvalue weighted by atomic mass is 16.3. The standard InChI is InChI=1S/C8H11NO3/c10-5-3-8(12)6-2-1-4-9(6)7(8)11/h1,4,6,10,12H,2-3,5H2/t6-,8?/m1/s1. The van der Waals surface area contributed by atoms with Crippen LogP contribution >= 0.6 is 0 Å². The Kier molecular flexibility index (Phi) is 1.49. The molecule has 4 nitrogen and oxygen atoms in total. The van der Waals surface area contributed by atoms with E-state index in [2.05, 4.69) is 0 Å². The van der Waals surface area contributed by atoms with Gasteiger partial charge in [0, 0.05) is 19.2 Å². The number of fused-ring (bicyclic) bond motifs is 1. The molecule has 66 valence electrons. The molecule has 0 spiro atoms. The van der Waals surface area contributed by atoms with E-state index < -0.39 is 5.60 Å². The van der Waals surface area contributed by atoms with E-state index in [1.165, 1.54) is 4.90 Å². The minimum atomic E-state index is -1.29. The summed E-state index contributed by atoms with van der Waals surface area (Å²) in [6.07, 6.45) is 4.40. The van der Waals surface area contributed by atoms with Crippen LogP contribution in [0, 0.1) is 0 Å². The Morgan fingerprint density at radius 1 is 1.75 bits per heavy atom. The Bertz CT molecular complexity index is 251. The SMILES string of the molecule is O=C1N2C=CC[C@@H]2C1(O)CCO. The van der Waals surface area contributed by atoms with Gasteiger partial charge in [0.25, 0.3) is 5.91 Å². The monoisotopic (exact) mass is 169 g/mol. The van der Waals surface area contributed by atoms with Crippen molar-refractivity contribution in [3.63, 3.8) is 0 Å². The summed E-state index contributed by atoms with van der Waals surface area (Å²) in [4.78, 5) is 12.8. The van der Waals surface area contributed by atoms with Crippen LogP contribution in [0.25, 0.3) is 0 Å². The fourth-order valence-electron chi connectivity index (χ4n) is 1.90. The van der Waals surface area contributed by atoms with Crippen molar-refractivity contribution in [1.82, 2.24) is 4.90 Å². The number of aliphatic hydroxyl groups is 2. The zero-order valence-corrected chi connectivity index (χ0v) is 6.60. The van der Waals surface area contributed by atoms with Crippen LogP contribution in [0.3, 0.4) is 0 Å². The molecular weight excluding hydrogens is 158 g/mol. The van der Waals surface area contributed by atoms with Gasteiger partial charge in [0.2, 0.25) is 0 Å². The minimum Gasteiger partial charge on any atom is -0.396 e. The summed E-state index contributed by atoms with van der Waals surface area (Å²) < 4.78 is 0. The number of carbonyl (C=O) groups excluding carboxylic acids is 1. The van der Waals surface area contributed by atoms with Crippen molar-refractivity contribution in [3.05, 3.63) is 12.3 Å². The van der Waals surface area contributed by atoms with E-state index in [1.54, 1.807) is 6.20 Å². The number of hydrogen-bond donors (Lipinski definition) is 2. The van der Waals surface area contributed by atoms with Gasteiger partial charge in [-0.05, 0) is 6.42 Å². The number of β-lactam (4-membered cyclic amide) rings is 1. The molecule has 0 aromatic carbocycles. The summed E-state index contributed by atoms with van der Waals surface area (Å²) in [5.41, 5.74) is -1.29. The Labute approximate surface area is 70.1 Å². The third kappa shape index (κ3) is 0.711. The Morgan fingerprint density at radius 2 is 2.50 bits per heavy atom. The second kappa shape index (κ2) is 2.31. The number of aliphatic hydroxyl groups excluding tert-OH is 1. The zero-order valence-electron chi connectivity index (χ0n) is 6.60.